The summed E-state index contributed by atoms with van der Waals surface area (Å²) < 4.78 is 11.0. The topological polar surface area (TPSA) is 93.0 Å². The SMILES string of the molecule is Cc1noc(C)c1COc1ccc(CC(=O)Nc2cc(CC3CCCCC3)[nH]n2)cc1. The Balaban J connectivity index is 1.25. The molecular formula is C24H30N4O3. The number of nitrogens with zero attached hydrogens (tertiary/aromatic N) is 2. The summed E-state index contributed by atoms with van der Waals surface area (Å²) in [5.41, 5.74) is 3.82. The van der Waals surface area contributed by atoms with Gasteiger partial charge in [0.2, 0.25) is 5.91 Å². The van der Waals surface area contributed by atoms with Gasteiger partial charge in [0.25, 0.3) is 0 Å². The summed E-state index contributed by atoms with van der Waals surface area (Å²) in [5, 5.41) is 14.1. The summed E-state index contributed by atoms with van der Waals surface area (Å²) in [6.45, 7) is 4.18. The lowest BCUT2D eigenvalue weighted by molar-refractivity contribution is -0.115. The molecule has 0 spiro atoms. The zero-order valence-corrected chi connectivity index (χ0v) is 18.2. The van der Waals surface area contributed by atoms with E-state index in [9.17, 15) is 4.79 Å². The van der Waals surface area contributed by atoms with Gasteiger partial charge in [-0.15, -0.1) is 0 Å². The van der Waals surface area contributed by atoms with Crippen LogP contribution in [-0.2, 0) is 24.2 Å². The fourth-order valence-corrected chi connectivity index (χ4v) is 4.17. The molecule has 3 aromatic rings. The molecule has 1 amide bonds. The number of hydrogen-bond acceptors (Lipinski definition) is 5. The fraction of sp³-hybridized carbons (Fsp3) is 0.458. The number of anilines is 1. The molecule has 2 aromatic heterocycles. The Bertz CT molecular complexity index is 981. The van der Waals surface area contributed by atoms with Crippen LogP contribution in [0, 0.1) is 19.8 Å². The second-order valence-electron chi connectivity index (χ2n) is 8.45. The maximum Gasteiger partial charge on any atom is 0.229 e. The highest BCUT2D eigenvalue weighted by Gasteiger charge is 2.16. The van der Waals surface area contributed by atoms with Crippen molar-refractivity contribution in [3.63, 3.8) is 0 Å². The average Bonchev–Trinajstić information content (AvgIpc) is 3.34. The summed E-state index contributed by atoms with van der Waals surface area (Å²) in [7, 11) is 0. The summed E-state index contributed by atoms with van der Waals surface area (Å²) >= 11 is 0. The van der Waals surface area contributed by atoms with Crippen molar-refractivity contribution >= 4 is 11.7 Å². The number of aromatic amines is 1. The van der Waals surface area contributed by atoms with Gasteiger partial charge < -0.3 is 14.6 Å². The van der Waals surface area contributed by atoms with Crippen molar-refractivity contribution in [2.45, 2.75) is 65.4 Å². The minimum Gasteiger partial charge on any atom is -0.489 e. The third-order valence-corrected chi connectivity index (χ3v) is 5.98. The van der Waals surface area contributed by atoms with E-state index in [4.69, 9.17) is 9.26 Å². The van der Waals surface area contributed by atoms with Crippen LogP contribution >= 0.6 is 0 Å². The highest BCUT2D eigenvalue weighted by Crippen LogP contribution is 2.26. The largest absolute Gasteiger partial charge is 0.489 e. The van der Waals surface area contributed by atoms with Gasteiger partial charge in [0.15, 0.2) is 5.82 Å². The van der Waals surface area contributed by atoms with E-state index in [-0.39, 0.29) is 12.3 Å². The number of nitrogens with one attached hydrogen (secondary N) is 2. The van der Waals surface area contributed by atoms with Gasteiger partial charge >= 0.3 is 0 Å². The van der Waals surface area contributed by atoms with E-state index >= 15 is 0 Å². The van der Waals surface area contributed by atoms with Gasteiger partial charge in [-0.05, 0) is 43.9 Å². The third-order valence-electron chi connectivity index (χ3n) is 5.98. The van der Waals surface area contributed by atoms with Crippen molar-refractivity contribution in [2.75, 3.05) is 5.32 Å². The Labute approximate surface area is 182 Å². The lowest BCUT2D eigenvalue weighted by atomic mass is 9.86. The molecule has 1 aliphatic carbocycles. The number of hydrogen-bond donors (Lipinski definition) is 2. The monoisotopic (exact) mass is 422 g/mol. The Hall–Kier alpha value is -3.09. The number of aromatic nitrogens is 3. The van der Waals surface area contributed by atoms with Gasteiger partial charge in [-0.1, -0.05) is 49.4 Å². The molecule has 7 nitrogen and oxygen atoms in total. The molecule has 164 valence electrons. The third kappa shape index (κ3) is 5.75. The molecule has 2 N–H and O–H groups in total. The molecule has 1 fully saturated rings. The van der Waals surface area contributed by atoms with E-state index < -0.39 is 0 Å². The number of rotatable bonds is 8. The summed E-state index contributed by atoms with van der Waals surface area (Å²) in [5.74, 6) is 2.75. The first-order valence-corrected chi connectivity index (χ1v) is 11.0. The lowest BCUT2D eigenvalue weighted by Gasteiger charge is -2.20. The number of benzene rings is 1. The van der Waals surface area contributed by atoms with E-state index in [2.05, 4.69) is 20.7 Å². The van der Waals surface area contributed by atoms with Crippen molar-refractivity contribution in [1.82, 2.24) is 15.4 Å². The maximum absolute atomic E-state index is 12.4. The molecule has 2 heterocycles. The molecule has 0 unspecified atom stereocenters. The van der Waals surface area contributed by atoms with Crippen molar-refractivity contribution in [3.05, 3.63) is 58.6 Å². The van der Waals surface area contributed by atoms with Crippen molar-refractivity contribution < 1.29 is 14.1 Å². The quantitative estimate of drug-likeness (QED) is 0.539. The van der Waals surface area contributed by atoms with Crippen LogP contribution < -0.4 is 10.1 Å². The van der Waals surface area contributed by atoms with Crippen molar-refractivity contribution in [2.24, 2.45) is 5.92 Å². The van der Waals surface area contributed by atoms with Gasteiger partial charge in [-0.3, -0.25) is 9.89 Å². The zero-order valence-electron chi connectivity index (χ0n) is 18.2. The first kappa shape index (κ1) is 21.2. The second kappa shape index (κ2) is 9.81. The van der Waals surface area contributed by atoms with Gasteiger partial charge in [0.05, 0.1) is 17.7 Å². The van der Waals surface area contributed by atoms with E-state index in [0.717, 1.165) is 46.4 Å². The molecule has 0 bridgehead atoms. The number of carbonyl (C=O) groups excluding carboxylic acids is 1. The smallest absolute Gasteiger partial charge is 0.229 e. The summed E-state index contributed by atoms with van der Waals surface area (Å²) in [4.78, 5) is 12.4. The number of H-pyrrole nitrogens is 1. The molecule has 4 rings (SSSR count). The second-order valence-corrected chi connectivity index (χ2v) is 8.45. The van der Waals surface area contributed by atoms with E-state index in [0.29, 0.717) is 12.4 Å². The lowest BCUT2D eigenvalue weighted by Crippen LogP contribution is -2.14. The molecule has 0 atom stereocenters. The van der Waals surface area contributed by atoms with Crippen LogP contribution in [0.15, 0.2) is 34.9 Å². The summed E-state index contributed by atoms with van der Waals surface area (Å²) in [6, 6.07) is 9.51. The highest BCUT2D eigenvalue weighted by molar-refractivity contribution is 5.91. The van der Waals surface area contributed by atoms with Gasteiger partial charge in [-0.2, -0.15) is 5.10 Å². The van der Waals surface area contributed by atoms with Crippen LogP contribution in [0.3, 0.4) is 0 Å². The van der Waals surface area contributed by atoms with Gasteiger partial charge in [0, 0.05) is 11.8 Å². The first-order chi connectivity index (χ1) is 15.1. The number of amides is 1. The Morgan fingerprint density at radius 1 is 1.19 bits per heavy atom. The molecule has 1 aromatic carbocycles. The molecular weight excluding hydrogens is 392 g/mol. The van der Waals surface area contributed by atoms with Crippen LogP contribution in [0.4, 0.5) is 5.82 Å². The zero-order chi connectivity index (χ0) is 21.6. The molecule has 0 radical (unpaired) electrons. The predicted molar refractivity (Wildman–Crippen MR) is 118 cm³/mol. The first-order valence-electron chi connectivity index (χ1n) is 11.0. The Morgan fingerprint density at radius 3 is 2.68 bits per heavy atom. The van der Waals surface area contributed by atoms with Gasteiger partial charge in [0.1, 0.15) is 18.1 Å². The highest BCUT2D eigenvalue weighted by atomic mass is 16.5. The molecule has 31 heavy (non-hydrogen) atoms. The maximum atomic E-state index is 12.4. The average molecular weight is 423 g/mol. The van der Waals surface area contributed by atoms with E-state index in [1.165, 1.54) is 32.1 Å². The fourth-order valence-electron chi connectivity index (χ4n) is 4.17. The molecule has 7 heteroatoms. The molecule has 0 aliphatic heterocycles. The Kier molecular flexibility index (Phi) is 6.70. The number of aryl methyl sites for hydroxylation is 2. The van der Waals surface area contributed by atoms with Crippen LogP contribution in [0.5, 0.6) is 5.75 Å². The van der Waals surface area contributed by atoms with Crippen LogP contribution in [0.25, 0.3) is 0 Å². The van der Waals surface area contributed by atoms with Crippen LogP contribution in [0.2, 0.25) is 0 Å². The van der Waals surface area contributed by atoms with Gasteiger partial charge in [-0.25, -0.2) is 0 Å². The van der Waals surface area contributed by atoms with Crippen molar-refractivity contribution in [1.29, 1.82) is 0 Å². The normalized spacial score (nSPS) is 14.5. The minimum absolute atomic E-state index is 0.0832. The molecule has 1 saturated carbocycles. The van der Waals surface area contributed by atoms with E-state index in [1.54, 1.807) is 0 Å². The molecule has 1 aliphatic rings. The number of carbonyl (C=O) groups is 1. The van der Waals surface area contributed by atoms with Crippen LogP contribution in [0.1, 0.15) is 60.4 Å². The number of ether oxygens (including phenoxy) is 1. The van der Waals surface area contributed by atoms with Crippen molar-refractivity contribution in [3.8, 4) is 5.75 Å². The molecule has 0 saturated heterocycles. The predicted octanol–water partition coefficient (Wildman–Crippen LogP) is 4.90. The standard InChI is InChI=1S/C24H30N4O3/c1-16-22(17(2)31-28-16)15-30-21-10-8-19(9-11-21)13-24(29)25-23-14-20(26-27-23)12-18-6-4-3-5-7-18/h8-11,14,18H,3-7,12-13,15H2,1-2H3,(H2,25,26,27,29). The van der Waals surface area contributed by atoms with E-state index in [1.807, 2.05) is 44.2 Å². The summed E-state index contributed by atoms with van der Waals surface area (Å²) in [6.07, 6.45) is 7.89. The Morgan fingerprint density at radius 2 is 1.97 bits per heavy atom. The van der Waals surface area contributed by atoms with Crippen LogP contribution in [-0.4, -0.2) is 21.3 Å². The minimum atomic E-state index is -0.0832.